The number of carbonyl (C=O) groups excluding carboxylic acids is 3. The van der Waals surface area contributed by atoms with Gasteiger partial charge in [-0.1, -0.05) is 24.6 Å². The van der Waals surface area contributed by atoms with Crippen LogP contribution in [0.25, 0.3) is 0 Å². The number of benzene rings is 2. The minimum Gasteiger partial charge on any atom is -0.494 e. The molecular weight excluding hydrogens is 452 g/mol. The van der Waals surface area contributed by atoms with Gasteiger partial charge in [0.2, 0.25) is 11.8 Å². The summed E-state index contributed by atoms with van der Waals surface area (Å²) < 4.78 is 5.56. The lowest BCUT2D eigenvalue weighted by molar-refractivity contribution is -0.124. The van der Waals surface area contributed by atoms with Crippen LogP contribution in [0.1, 0.15) is 32.3 Å². The van der Waals surface area contributed by atoms with E-state index in [0.29, 0.717) is 36.2 Å². The Kier molecular flexibility index (Phi) is 8.59. The third kappa shape index (κ3) is 6.32. The zero-order chi connectivity index (χ0) is 24.7. The second-order valence-corrected chi connectivity index (χ2v) is 8.47. The lowest BCUT2D eigenvalue weighted by Crippen LogP contribution is -2.42. The van der Waals surface area contributed by atoms with Crippen LogP contribution in [0.2, 0.25) is 0 Å². The minimum absolute atomic E-state index is 0.0739. The molecule has 0 bridgehead atoms. The van der Waals surface area contributed by atoms with Crippen LogP contribution in [0, 0.1) is 6.92 Å². The minimum atomic E-state index is -0.769. The summed E-state index contributed by atoms with van der Waals surface area (Å²) in [6.45, 7) is 6.67. The van der Waals surface area contributed by atoms with Crippen molar-refractivity contribution in [3.8, 4) is 5.75 Å². The molecule has 3 rings (SSSR count). The van der Waals surface area contributed by atoms with Crippen LogP contribution >= 0.6 is 12.2 Å². The predicted molar refractivity (Wildman–Crippen MR) is 136 cm³/mol. The fourth-order valence-electron chi connectivity index (χ4n) is 3.61. The zero-order valence-electron chi connectivity index (χ0n) is 19.7. The van der Waals surface area contributed by atoms with E-state index in [-0.39, 0.29) is 24.1 Å². The summed E-state index contributed by atoms with van der Waals surface area (Å²) in [5.74, 6) is -0.0182. The molecule has 8 nitrogen and oxygen atoms in total. The summed E-state index contributed by atoms with van der Waals surface area (Å²) in [7, 11) is 0. The number of aryl methyl sites for hydroxylation is 1. The lowest BCUT2D eigenvalue weighted by atomic mass is 10.1. The molecule has 0 saturated carbocycles. The van der Waals surface area contributed by atoms with Crippen LogP contribution in [-0.2, 0) is 14.4 Å². The zero-order valence-corrected chi connectivity index (χ0v) is 20.5. The van der Waals surface area contributed by atoms with Gasteiger partial charge in [-0.25, -0.2) is 0 Å². The normalized spacial score (nSPS) is 15.4. The summed E-state index contributed by atoms with van der Waals surface area (Å²) in [5.41, 5.74) is 2.32. The average molecular weight is 483 g/mol. The van der Waals surface area contributed by atoms with Gasteiger partial charge in [0.25, 0.3) is 5.91 Å². The highest BCUT2D eigenvalue weighted by Crippen LogP contribution is 2.27. The Bertz CT molecular complexity index is 1040. The molecule has 3 amide bonds. The predicted octanol–water partition coefficient (Wildman–Crippen LogP) is 3.25. The quantitative estimate of drug-likeness (QED) is 0.505. The van der Waals surface area contributed by atoms with E-state index in [1.807, 2.05) is 38.1 Å². The molecule has 2 aromatic carbocycles. The number of amides is 3. The van der Waals surface area contributed by atoms with E-state index >= 15 is 0 Å². The van der Waals surface area contributed by atoms with Crippen LogP contribution in [0.4, 0.5) is 11.4 Å². The van der Waals surface area contributed by atoms with E-state index in [9.17, 15) is 14.4 Å². The Hall–Kier alpha value is -3.46. The van der Waals surface area contributed by atoms with Crippen LogP contribution in [0.3, 0.4) is 0 Å². The highest BCUT2D eigenvalue weighted by Gasteiger charge is 2.43. The topological polar surface area (TPSA) is 91.0 Å². The van der Waals surface area contributed by atoms with Crippen molar-refractivity contribution < 1.29 is 19.1 Å². The fraction of sp³-hybridized carbons (Fsp3) is 0.360. The van der Waals surface area contributed by atoms with E-state index in [1.165, 1.54) is 11.8 Å². The van der Waals surface area contributed by atoms with Gasteiger partial charge in [0.1, 0.15) is 11.8 Å². The maximum Gasteiger partial charge on any atom is 0.256 e. The van der Waals surface area contributed by atoms with Gasteiger partial charge >= 0.3 is 0 Å². The third-order valence-corrected chi connectivity index (χ3v) is 5.74. The van der Waals surface area contributed by atoms with E-state index < -0.39 is 6.04 Å². The van der Waals surface area contributed by atoms with Crippen molar-refractivity contribution >= 4 is 46.4 Å². The number of anilines is 2. The second-order valence-electron chi connectivity index (χ2n) is 8.11. The number of nitrogens with one attached hydrogen (secondary N) is 2. The molecule has 0 aromatic heterocycles. The molecule has 34 heavy (non-hydrogen) atoms. The largest absolute Gasteiger partial charge is 0.494 e. The Morgan fingerprint density at radius 1 is 1.09 bits per heavy atom. The Morgan fingerprint density at radius 2 is 1.76 bits per heavy atom. The van der Waals surface area contributed by atoms with Crippen molar-refractivity contribution in [1.29, 1.82) is 0 Å². The number of hydrogen-bond donors (Lipinski definition) is 2. The molecule has 1 fully saturated rings. The molecular formula is C25H30N4O4S. The van der Waals surface area contributed by atoms with Gasteiger partial charge in [-0.3, -0.25) is 19.3 Å². The van der Waals surface area contributed by atoms with E-state index in [1.54, 1.807) is 29.2 Å². The maximum atomic E-state index is 13.4. The Balaban J connectivity index is 1.73. The molecule has 0 radical (unpaired) electrons. The maximum absolute atomic E-state index is 13.4. The Labute approximate surface area is 205 Å². The molecule has 1 aliphatic heterocycles. The molecule has 0 spiro atoms. The number of nitrogens with zero attached hydrogens (tertiary/aromatic N) is 2. The molecule has 1 heterocycles. The van der Waals surface area contributed by atoms with Crippen LogP contribution in [0.5, 0.6) is 5.75 Å². The lowest BCUT2D eigenvalue weighted by Gasteiger charge is -2.24. The first-order valence-electron chi connectivity index (χ1n) is 11.3. The second kappa shape index (κ2) is 11.6. The highest BCUT2D eigenvalue weighted by atomic mass is 32.1. The van der Waals surface area contributed by atoms with Gasteiger partial charge in [0.15, 0.2) is 5.11 Å². The first-order valence-corrected chi connectivity index (χ1v) is 11.7. The summed E-state index contributed by atoms with van der Waals surface area (Å²) in [6, 6.07) is 13.8. The molecule has 2 aromatic rings. The SMILES string of the molecule is CCCOc1ccc(NC(=O)C[C@H]2C(=O)N(c3ccc(C)cc3)C(=S)N2CCNC(C)=O)cc1. The van der Waals surface area contributed by atoms with Crippen molar-refractivity contribution in [3.05, 3.63) is 54.1 Å². The molecule has 1 aliphatic rings. The molecule has 180 valence electrons. The summed E-state index contributed by atoms with van der Waals surface area (Å²) in [6.07, 6.45) is 0.837. The molecule has 0 aliphatic carbocycles. The molecule has 1 saturated heterocycles. The number of rotatable bonds is 10. The van der Waals surface area contributed by atoms with Gasteiger partial charge in [0.05, 0.1) is 18.7 Å². The van der Waals surface area contributed by atoms with Crippen molar-refractivity contribution in [2.24, 2.45) is 0 Å². The molecule has 0 unspecified atom stereocenters. The summed E-state index contributed by atoms with van der Waals surface area (Å²) in [5, 5.41) is 5.87. The van der Waals surface area contributed by atoms with E-state index in [0.717, 1.165) is 17.7 Å². The summed E-state index contributed by atoms with van der Waals surface area (Å²) >= 11 is 5.61. The van der Waals surface area contributed by atoms with Gasteiger partial charge in [-0.2, -0.15) is 0 Å². The first kappa shape index (κ1) is 25.2. The highest BCUT2D eigenvalue weighted by molar-refractivity contribution is 7.80. The number of ether oxygens (including phenoxy) is 1. The summed E-state index contributed by atoms with van der Waals surface area (Å²) in [4.78, 5) is 40.7. The monoisotopic (exact) mass is 482 g/mol. The van der Waals surface area contributed by atoms with Gasteiger partial charge in [-0.05, 0) is 62.0 Å². The van der Waals surface area contributed by atoms with Crippen molar-refractivity contribution in [2.45, 2.75) is 39.7 Å². The number of hydrogen-bond acceptors (Lipinski definition) is 5. The van der Waals surface area contributed by atoms with Crippen molar-refractivity contribution in [1.82, 2.24) is 10.2 Å². The van der Waals surface area contributed by atoms with Gasteiger partial charge in [0, 0.05) is 25.7 Å². The Morgan fingerprint density at radius 3 is 2.38 bits per heavy atom. The molecule has 1 atom stereocenters. The number of thiocarbonyl (C=S) groups is 1. The van der Waals surface area contributed by atoms with Crippen molar-refractivity contribution in [2.75, 3.05) is 29.9 Å². The van der Waals surface area contributed by atoms with Gasteiger partial charge < -0.3 is 20.3 Å². The van der Waals surface area contributed by atoms with Crippen LogP contribution in [0.15, 0.2) is 48.5 Å². The third-order valence-electron chi connectivity index (χ3n) is 5.33. The molecule has 2 N–H and O–H groups in total. The number of carbonyl (C=O) groups is 3. The van der Waals surface area contributed by atoms with Gasteiger partial charge in [-0.15, -0.1) is 0 Å². The fourth-order valence-corrected chi connectivity index (χ4v) is 4.03. The van der Waals surface area contributed by atoms with E-state index in [2.05, 4.69) is 10.6 Å². The van der Waals surface area contributed by atoms with Crippen molar-refractivity contribution in [3.63, 3.8) is 0 Å². The smallest absolute Gasteiger partial charge is 0.256 e. The standard InChI is InChI=1S/C25H30N4O4S/c1-4-15-33-21-11-7-19(8-12-21)27-23(31)16-22-24(32)29(20-9-5-17(2)6-10-20)25(34)28(22)14-13-26-18(3)30/h5-12,22H,4,13-16H2,1-3H3,(H,26,30)(H,27,31)/t22-/m0/s1. The van der Waals surface area contributed by atoms with Crippen LogP contribution < -0.4 is 20.3 Å². The van der Waals surface area contributed by atoms with E-state index in [4.69, 9.17) is 17.0 Å². The molecule has 9 heteroatoms. The average Bonchev–Trinajstić information content (AvgIpc) is 3.03. The van der Waals surface area contributed by atoms with Crippen LogP contribution in [-0.4, -0.2) is 53.5 Å². The first-order chi connectivity index (χ1) is 16.3.